The SMILES string of the molecule is Cc1cc(C)cc(-c2cc3c4c(c2)P(=S)(c2ccccc2)c2cc(-c5cc(C)cc(C)c5)cc5c2N4c2c(cc(-c4cc(C)cc(C)c4)cc2P5(=S)c2ccccc2)P3(=S)c2ccccc2)c1. The van der Waals surface area contributed by atoms with Gasteiger partial charge in [0.1, 0.15) is 0 Å². The molecule has 9 aromatic rings. The summed E-state index contributed by atoms with van der Waals surface area (Å²) in [7, 11) is 0. The van der Waals surface area contributed by atoms with Gasteiger partial charge in [-0.1, -0.05) is 214 Å². The number of benzene rings is 9. The van der Waals surface area contributed by atoms with E-state index in [2.05, 4.69) is 228 Å². The molecule has 67 heavy (non-hydrogen) atoms. The molecular formula is C60H48NP3S3. The van der Waals surface area contributed by atoms with Crippen LogP contribution < -0.4 is 52.6 Å². The number of rotatable bonds is 6. The van der Waals surface area contributed by atoms with Gasteiger partial charge in [-0.3, -0.25) is 0 Å². The van der Waals surface area contributed by atoms with Gasteiger partial charge in [-0.2, -0.15) is 0 Å². The van der Waals surface area contributed by atoms with Crippen molar-refractivity contribution < 1.29 is 0 Å². The Hall–Kier alpha value is -5.27. The summed E-state index contributed by atoms with van der Waals surface area (Å²) in [6, 6.07) is 60.0. The molecule has 0 atom stereocenters. The standard InChI is InChI=1S/C60H48NP3S3/c1-37-22-38(2)26-43(25-37)46-31-52-58-53(32-46)63(66,50-18-12-8-13-19-50)55-34-48(45-29-41(5)24-42(6)30-45)36-57-60(55)61(58)59-54(62(52,65)49-16-10-7-11-17-49)33-47(44-27-39(3)23-40(4)28-44)35-56(59)64(57,67)51-20-14-9-15-21-51/h7-36H,1-6H3. The van der Waals surface area contributed by atoms with Gasteiger partial charge in [0.05, 0.1) is 17.1 Å². The van der Waals surface area contributed by atoms with E-state index in [0.29, 0.717) is 0 Å². The Kier molecular flexibility index (Phi) is 10.0. The minimum Gasteiger partial charge on any atom is -0.306 e. The molecule has 7 heteroatoms. The summed E-state index contributed by atoms with van der Waals surface area (Å²) in [6.45, 7) is 13.2. The molecule has 0 saturated carbocycles. The largest absolute Gasteiger partial charge is 0.306 e. The number of nitrogens with zero attached hydrogens (tertiary/aromatic N) is 1. The molecule has 0 amide bonds. The minimum atomic E-state index is -2.87. The Morgan fingerprint density at radius 2 is 0.463 bits per heavy atom. The van der Waals surface area contributed by atoms with Crippen LogP contribution in [0.15, 0.2) is 182 Å². The Labute approximate surface area is 410 Å². The topological polar surface area (TPSA) is 3.24 Å². The third-order valence-electron chi connectivity index (χ3n) is 13.9. The third kappa shape index (κ3) is 6.41. The zero-order valence-electron chi connectivity index (χ0n) is 38.3. The van der Waals surface area contributed by atoms with E-state index in [1.54, 1.807) is 0 Å². The molecule has 9 aromatic carbocycles. The molecule has 0 spiro atoms. The van der Waals surface area contributed by atoms with Crippen LogP contribution in [0.4, 0.5) is 17.1 Å². The summed E-state index contributed by atoms with van der Waals surface area (Å²) in [4.78, 5) is 2.64. The molecule has 0 aromatic heterocycles. The van der Waals surface area contributed by atoms with Gasteiger partial charge in [0, 0.05) is 49.9 Å². The van der Waals surface area contributed by atoms with Crippen molar-refractivity contribution in [1.29, 1.82) is 0 Å². The predicted octanol–water partition coefficient (Wildman–Crippen LogP) is 12.2. The van der Waals surface area contributed by atoms with Gasteiger partial charge in [0.2, 0.25) is 0 Å². The van der Waals surface area contributed by atoms with Crippen LogP contribution in [-0.4, -0.2) is 0 Å². The van der Waals surface area contributed by atoms with E-state index in [9.17, 15) is 0 Å². The van der Waals surface area contributed by atoms with Crippen molar-refractivity contribution in [3.05, 3.63) is 215 Å². The fourth-order valence-electron chi connectivity index (χ4n) is 11.3. The molecule has 0 aliphatic carbocycles. The third-order valence-corrected chi connectivity index (χ3v) is 28.6. The molecule has 3 aliphatic heterocycles. The van der Waals surface area contributed by atoms with E-state index < -0.39 is 18.1 Å². The highest BCUT2D eigenvalue weighted by Gasteiger charge is 2.53. The van der Waals surface area contributed by atoms with Crippen molar-refractivity contribution in [3.63, 3.8) is 0 Å². The van der Waals surface area contributed by atoms with E-state index >= 15 is 0 Å². The molecule has 0 bridgehead atoms. The highest BCUT2D eigenvalue weighted by Crippen LogP contribution is 2.66. The molecule has 326 valence electrons. The summed E-state index contributed by atoms with van der Waals surface area (Å²) >= 11 is 22.9. The van der Waals surface area contributed by atoms with Gasteiger partial charge in [-0.25, -0.2) is 0 Å². The molecule has 0 saturated heterocycles. The average Bonchev–Trinajstić information content (AvgIpc) is 3.32. The van der Waals surface area contributed by atoms with E-state index in [0.717, 1.165) is 16.7 Å². The zero-order chi connectivity index (χ0) is 46.1. The summed E-state index contributed by atoms with van der Waals surface area (Å²) < 4.78 is 0. The molecule has 0 fully saturated rings. The van der Waals surface area contributed by atoms with Gasteiger partial charge in [0.15, 0.2) is 0 Å². The molecule has 12 rings (SSSR count). The second kappa shape index (κ2) is 15.6. The van der Waals surface area contributed by atoms with Crippen LogP contribution in [-0.2, 0) is 35.4 Å². The fourth-order valence-corrected chi connectivity index (χ4v) is 24.5. The maximum Gasteiger partial charge on any atom is 0.0644 e. The van der Waals surface area contributed by atoms with Crippen LogP contribution in [0.5, 0.6) is 0 Å². The number of hydrogen-bond donors (Lipinski definition) is 0. The second-order valence-electron chi connectivity index (χ2n) is 18.9. The van der Waals surface area contributed by atoms with Crippen LogP contribution in [0.2, 0.25) is 0 Å². The summed E-state index contributed by atoms with van der Waals surface area (Å²) in [6.07, 6.45) is 0. The molecule has 3 heterocycles. The van der Waals surface area contributed by atoms with Crippen molar-refractivity contribution in [1.82, 2.24) is 0 Å². The Morgan fingerprint density at radius 1 is 0.269 bits per heavy atom. The highest BCUT2D eigenvalue weighted by atomic mass is 32.4. The molecule has 0 unspecified atom stereocenters. The molecule has 0 N–H and O–H groups in total. The lowest BCUT2D eigenvalue weighted by molar-refractivity contribution is 1.32. The van der Waals surface area contributed by atoms with Gasteiger partial charge in [-0.15, -0.1) is 0 Å². The van der Waals surface area contributed by atoms with Crippen molar-refractivity contribution in [2.45, 2.75) is 41.5 Å². The first kappa shape index (κ1) is 43.0. The van der Waals surface area contributed by atoms with Crippen molar-refractivity contribution in [2.75, 3.05) is 4.90 Å². The number of aryl methyl sites for hydroxylation is 6. The van der Waals surface area contributed by atoms with E-state index in [1.807, 2.05) is 0 Å². The molecule has 0 radical (unpaired) electrons. The van der Waals surface area contributed by atoms with Gasteiger partial charge in [0.25, 0.3) is 0 Å². The minimum absolute atomic E-state index is 1.16. The smallest absolute Gasteiger partial charge is 0.0644 e. The molecule has 3 aliphatic rings. The van der Waals surface area contributed by atoms with E-state index in [4.69, 9.17) is 35.4 Å². The van der Waals surface area contributed by atoms with Crippen LogP contribution in [0.1, 0.15) is 33.4 Å². The van der Waals surface area contributed by atoms with Gasteiger partial charge < -0.3 is 4.90 Å². The number of hydrogen-bond acceptors (Lipinski definition) is 4. The average molecular weight is 972 g/mol. The normalized spacial score (nSPS) is 19.5. The van der Waals surface area contributed by atoms with Crippen molar-refractivity contribution >= 4 is 118 Å². The lowest BCUT2D eigenvalue weighted by atomic mass is 9.98. The van der Waals surface area contributed by atoms with E-state index in [-0.39, 0.29) is 0 Å². The number of anilines is 3. The summed E-state index contributed by atoms with van der Waals surface area (Å²) in [5.74, 6) is 0. The van der Waals surface area contributed by atoms with E-state index in [1.165, 1.54) is 115 Å². The summed E-state index contributed by atoms with van der Waals surface area (Å²) in [5, 5.41) is 10.7. The monoisotopic (exact) mass is 971 g/mol. The first-order valence-corrected chi connectivity index (χ1v) is 31.3. The molecule has 1 nitrogen and oxygen atoms in total. The van der Waals surface area contributed by atoms with Crippen LogP contribution in [0.25, 0.3) is 33.4 Å². The Morgan fingerprint density at radius 3 is 0.672 bits per heavy atom. The first-order valence-electron chi connectivity index (χ1n) is 22.9. The van der Waals surface area contributed by atoms with Gasteiger partial charge in [-0.05, 0) is 127 Å². The van der Waals surface area contributed by atoms with Crippen molar-refractivity contribution in [2.24, 2.45) is 0 Å². The lowest BCUT2D eigenvalue weighted by Crippen LogP contribution is -2.52. The maximum absolute atomic E-state index is 7.65. The van der Waals surface area contributed by atoms with Crippen LogP contribution in [0.3, 0.4) is 0 Å². The van der Waals surface area contributed by atoms with Crippen LogP contribution in [0, 0.1) is 41.5 Å². The lowest BCUT2D eigenvalue weighted by Gasteiger charge is -2.52. The quantitative estimate of drug-likeness (QED) is 0.153. The first-order chi connectivity index (χ1) is 32.3. The Bertz CT molecular complexity index is 3210. The van der Waals surface area contributed by atoms with Crippen LogP contribution >= 0.6 is 18.1 Å². The molecular weight excluding hydrogens is 924 g/mol. The fraction of sp³-hybridized carbons (Fsp3) is 0.100. The zero-order valence-corrected chi connectivity index (χ0v) is 43.5. The highest BCUT2D eigenvalue weighted by molar-refractivity contribution is 8.28. The van der Waals surface area contributed by atoms with Gasteiger partial charge >= 0.3 is 0 Å². The maximum atomic E-state index is 7.65. The second-order valence-corrected chi connectivity index (χ2v) is 31.9. The van der Waals surface area contributed by atoms with Crippen molar-refractivity contribution in [3.8, 4) is 33.4 Å². The predicted molar refractivity (Wildman–Crippen MR) is 305 cm³/mol. The Balaban J connectivity index is 1.34. The summed E-state index contributed by atoms with van der Waals surface area (Å²) in [5.41, 5.74) is 17.9.